The standard InChI is InChI=1S/C33H43F2N5O7/c1-5-45-29(43)33-17-20(33)16-32(34,35)14-10-6-7-13-24(38-30(44)47-31(2,3)4)28(42)40-19-21(15-25(40)27(41)39-33)46-26-18-36-22-11-8-9-12-23(22)37-26/h8-9,11-12,18,20-21,24-25H,5-7,10,13-17,19H2,1-4H3,(H,38,44)(H,39,41). The maximum Gasteiger partial charge on any atom is 0.408 e. The Balaban J connectivity index is 1.45. The topological polar surface area (TPSA) is 149 Å². The molecule has 3 amide bonds. The van der Waals surface area contributed by atoms with Gasteiger partial charge < -0.3 is 29.7 Å². The van der Waals surface area contributed by atoms with Crippen LogP contribution in [0.2, 0.25) is 0 Å². The number of halogens is 2. The molecule has 2 saturated heterocycles. The second-order valence-electron chi connectivity index (χ2n) is 13.6. The minimum absolute atomic E-state index is 0.00324. The highest BCUT2D eigenvalue weighted by Gasteiger charge is 2.65. The number of ether oxygens (including phenoxy) is 3. The van der Waals surface area contributed by atoms with Gasteiger partial charge in [-0.2, -0.15) is 0 Å². The number of alkyl halides is 2. The highest BCUT2D eigenvalue weighted by molar-refractivity contribution is 5.96. The van der Waals surface area contributed by atoms with Crippen LogP contribution in [0, 0.1) is 5.92 Å². The van der Waals surface area contributed by atoms with Gasteiger partial charge in [0.2, 0.25) is 23.6 Å². The fourth-order valence-electron chi connectivity index (χ4n) is 6.41. The normalized spacial score (nSPS) is 28.2. The van der Waals surface area contributed by atoms with E-state index in [2.05, 4.69) is 20.6 Å². The van der Waals surface area contributed by atoms with Gasteiger partial charge in [0.1, 0.15) is 29.3 Å². The molecule has 256 valence electrons. The first-order valence-corrected chi connectivity index (χ1v) is 16.3. The number of amides is 3. The van der Waals surface area contributed by atoms with Gasteiger partial charge in [-0.1, -0.05) is 25.0 Å². The van der Waals surface area contributed by atoms with Gasteiger partial charge in [-0.3, -0.25) is 9.59 Å². The molecule has 1 aromatic carbocycles. The van der Waals surface area contributed by atoms with E-state index in [0.717, 1.165) is 0 Å². The molecule has 2 aliphatic heterocycles. The zero-order valence-corrected chi connectivity index (χ0v) is 27.2. The van der Waals surface area contributed by atoms with E-state index in [1.54, 1.807) is 39.8 Å². The molecule has 47 heavy (non-hydrogen) atoms. The second kappa shape index (κ2) is 13.6. The number of aromatic nitrogens is 2. The molecule has 5 rings (SSSR count). The molecule has 5 atom stereocenters. The largest absolute Gasteiger partial charge is 0.471 e. The molecule has 0 radical (unpaired) electrons. The number of hydrogen-bond acceptors (Lipinski definition) is 9. The summed E-state index contributed by atoms with van der Waals surface area (Å²) in [7, 11) is 0. The van der Waals surface area contributed by atoms with Gasteiger partial charge in [0, 0.05) is 25.2 Å². The summed E-state index contributed by atoms with van der Waals surface area (Å²) in [5.74, 6) is -5.72. The monoisotopic (exact) mass is 659 g/mol. The molecule has 3 aliphatic rings. The van der Waals surface area contributed by atoms with Crippen LogP contribution in [0.15, 0.2) is 30.5 Å². The number of rotatable bonds is 5. The lowest BCUT2D eigenvalue weighted by Crippen LogP contribution is -2.57. The van der Waals surface area contributed by atoms with Gasteiger partial charge in [0.05, 0.1) is 30.4 Å². The molecule has 5 unspecified atom stereocenters. The van der Waals surface area contributed by atoms with E-state index in [1.807, 2.05) is 12.1 Å². The first-order valence-electron chi connectivity index (χ1n) is 16.3. The van der Waals surface area contributed by atoms with Crippen molar-refractivity contribution in [1.82, 2.24) is 25.5 Å². The number of carbonyl (C=O) groups excluding carboxylic acids is 4. The van der Waals surface area contributed by atoms with Gasteiger partial charge in [-0.25, -0.2) is 28.3 Å². The van der Waals surface area contributed by atoms with Crippen molar-refractivity contribution in [1.29, 1.82) is 0 Å². The van der Waals surface area contributed by atoms with Crippen molar-refractivity contribution in [3.8, 4) is 5.88 Å². The summed E-state index contributed by atoms with van der Waals surface area (Å²) in [4.78, 5) is 64.3. The molecule has 1 aliphatic carbocycles. The van der Waals surface area contributed by atoms with Crippen LogP contribution >= 0.6 is 0 Å². The minimum atomic E-state index is -3.06. The SMILES string of the molecule is CCOC(=O)C12CC1CC(F)(F)CCCCCC(NC(=O)OC(C)(C)C)C(=O)N1CC(Oc3cnc4ccccc4n3)CC1C(=O)N2. The Morgan fingerprint density at radius 3 is 2.57 bits per heavy atom. The van der Waals surface area contributed by atoms with Crippen molar-refractivity contribution in [3.63, 3.8) is 0 Å². The van der Waals surface area contributed by atoms with Gasteiger partial charge in [0.15, 0.2) is 0 Å². The first-order chi connectivity index (χ1) is 22.2. The maximum atomic E-state index is 15.1. The van der Waals surface area contributed by atoms with Crippen molar-refractivity contribution < 1.29 is 42.2 Å². The smallest absolute Gasteiger partial charge is 0.408 e. The molecule has 0 spiro atoms. The summed E-state index contributed by atoms with van der Waals surface area (Å²) in [5.41, 5.74) is -1.20. The third-order valence-corrected chi connectivity index (χ3v) is 8.72. The van der Waals surface area contributed by atoms with Gasteiger partial charge in [-0.15, -0.1) is 0 Å². The minimum Gasteiger partial charge on any atom is -0.471 e. The number of esters is 1. The number of nitrogens with one attached hydrogen (secondary N) is 2. The number of para-hydroxylation sites is 2. The fourth-order valence-corrected chi connectivity index (χ4v) is 6.41. The third kappa shape index (κ3) is 8.25. The van der Waals surface area contributed by atoms with E-state index in [-0.39, 0.29) is 44.7 Å². The summed E-state index contributed by atoms with van der Waals surface area (Å²) in [6.45, 7) is 6.64. The first kappa shape index (κ1) is 34.2. The number of alkyl carbamates (subject to hydrolysis) is 1. The Morgan fingerprint density at radius 1 is 1.11 bits per heavy atom. The lowest BCUT2D eigenvalue weighted by molar-refractivity contribution is -0.150. The van der Waals surface area contributed by atoms with Gasteiger partial charge >= 0.3 is 12.1 Å². The Morgan fingerprint density at radius 2 is 1.85 bits per heavy atom. The van der Waals surface area contributed by atoms with E-state index in [9.17, 15) is 19.2 Å². The fraction of sp³-hybridized carbons (Fsp3) is 0.636. The Bertz CT molecular complexity index is 1500. The molecular weight excluding hydrogens is 616 g/mol. The molecule has 12 nitrogen and oxygen atoms in total. The Labute approximate surface area is 272 Å². The molecule has 0 bridgehead atoms. The van der Waals surface area contributed by atoms with Crippen LogP contribution in [0.5, 0.6) is 5.88 Å². The Hall–Kier alpha value is -4.10. The van der Waals surface area contributed by atoms with Crippen molar-refractivity contribution in [3.05, 3.63) is 30.5 Å². The van der Waals surface area contributed by atoms with E-state index >= 15 is 8.78 Å². The molecule has 1 saturated carbocycles. The summed E-state index contributed by atoms with van der Waals surface area (Å²) < 4.78 is 46.9. The average Bonchev–Trinajstić information content (AvgIpc) is 3.48. The van der Waals surface area contributed by atoms with Crippen LogP contribution in [-0.4, -0.2) is 87.1 Å². The zero-order valence-electron chi connectivity index (χ0n) is 27.2. The second-order valence-corrected chi connectivity index (χ2v) is 13.6. The van der Waals surface area contributed by atoms with E-state index in [4.69, 9.17) is 14.2 Å². The van der Waals surface area contributed by atoms with Crippen molar-refractivity contribution in [2.45, 2.75) is 114 Å². The van der Waals surface area contributed by atoms with E-state index in [1.165, 1.54) is 11.1 Å². The van der Waals surface area contributed by atoms with Gasteiger partial charge in [-0.05, 0) is 59.1 Å². The van der Waals surface area contributed by atoms with E-state index in [0.29, 0.717) is 23.9 Å². The molecule has 3 fully saturated rings. The van der Waals surface area contributed by atoms with Crippen LogP contribution in [0.25, 0.3) is 11.0 Å². The third-order valence-electron chi connectivity index (χ3n) is 8.72. The summed E-state index contributed by atoms with van der Waals surface area (Å²) in [6, 6.07) is 5.00. The van der Waals surface area contributed by atoms with Crippen LogP contribution in [-0.2, 0) is 23.9 Å². The molecule has 1 aromatic heterocycles. The average molecular weight is 660 g/mol. The predicted octanol–water partition coefficient (Wildman–Crippen LogP) is 4.30. The van der Waals surface area contributed by atoms with Crippen molar-refractivity contribution in [2.75, 3.05) is 13.2 Å². The summed E-state index contributed by atoms with van der Waals surface area (Å²) in [6.07, 6.45) is 0.0600. The van der Waals surface area contributed by atoms with Crippen LogP contribution in [0.4, 0.5) is 13.6 Å². The highest BCUT2D eigenvalue weighted by Crippen LogP contribution is 2.51. The Kier molecular flexibility index (Phi) is 9.88. The number of fused-ring (bicyclic) bond motifs is 3. The van der Waals surface area contributed by atoms with Crippen molar-refractivity contribution in [2.24, 2.45) is 5.92 Å². The van der Waals surface area contributed by atoms with Crippen molar-refractivity contribution >= 4 is 34.9 Å². The number of hydrogen-bond donors (Lipinski definition) is 2. The predicted molar refractivity (Wildman–Crippen MR) is 165 cm³/mol. The van der Waals surface area contributed by atoms with E-state index < -0.39 is 77.9 Å². The maximum absolute atomic E-state index is 15.1. The molecular formula is C33H43F2N5O7. The number of carbonyl (C=O) groups is 4. The molecule has 14 heteroatoms. The lowest BCUT2D eigenvalue weighted by atomic mass is 10.0. The quantitative estimate of drug-likeness (QED) is 0.448. The van der Waals surface area contributed by atoms with Crippen LogP contribution in [0.1, 0.15) is 79.1 Å². The summed E-state index contributed by atoms with van der Waals surface area (Å²) in [5, 5.41) is 5.35. The van der Waals surface area contributed by atoms with Crippen LogP contribution in [0.3, 0.4) is 0 Å². The molecule has 3 heterocycles. The zero-order chi connectivity index (χ0) is 34.0. The van der Waals surface area contributed by atoms with Gasteiger partial charge in [0.25, 0.3) is 0 Å². The lowest BCUT2D eigenvalue weighted by Gasteiger charge is -2.30. The molecule has 2 aromatic rings. The van der Waals surface area contributed by atoms with Crippen LogP contribution < -0.4 is 15.4 Å². The molecule has 2 N–H and O–H groups in total. The highest BCUT2D eigenvalue weighted by atomic mass is 19.3. The summed E-state index contributed by atoms with van der Waals surface area (Å²) >= 11 is 0. The number of benzene rings is 1. The number of nitrogens with zero attached hydrogens (tertiary/aromatic N) is 3.